The first-order chi connectivity index (χ1) is 14.6. The van der Waals surface area contributed by atoms with E-state index >= 15 is 0 Å². The lowest BCUT2D eigenvalue weighted by atomic mass is 9.65. The third-order valence-corrected chi connectivity index (χ3v) is 5.37. The van der Waals surface area contributed by atoms with E-state index in [4.69, 9.17) is 0 Å². The van der Waals surface area contributed by atoms with Gasteiger partial charge in [-0.3, -0.25) is 0 Å². The van der Waals surface area contributed by atoms with Crippen molar-refractivity contribution in [3.05, 3.63) is 102 Å². The number of allylic oxidation sites excluding steroid dienone is 1. The lowest BCUT2D eigenvalue weighted by Gasteiger charge is -2.40. The van der Waals surface area contributed by atoms with Gasteiger partial charge in [0.05, 0.1) is 12.2 Å². The number of nitrogens with zero attached hydrogens (tertiary/aromatic N) is 3. The molecule has 1 aliphatic carbocycles. The summed E-state index contributed by atoms with van der Waals surface area (Å²) >= 11 is 0. The number of nitrogens with one attached hydrogen (secondary N) is 2. The third-order valence-electron chi connectivity index (χ3n) is 5.37. The second kappa shape index (κ2) is 8.33. The quantitative estimate of drug-likeness (QED) is 0.505. The van der Waals surface area contributed by atoms with Gasteiger partial charge in [-0.25, -0.2) is 5.10 Å². The zero-order valence-electron chi connectivity index (χ0n) is 16.1. The van der Waals surface area contributed by atoms with Crippen LogP contribution in [-0.4, -0.2) is 25.4 Å². The average molecular weight is 399 g/mol. The van der Waals surface area contributed by atoms with Crippen molar-refractivity contribution in [2.45, 2.75) is 12.2 Å². The van der Waals surface area contributed by atoms with Crippen molar-refractivity contribution in [2.75, 3.05) is 5.32 Å². The molecular formula is C23H21N5O2. The molecule has 0 bridgehead atoms. The van der Waals surface area contributed by atoms with Gasteiger partial charge < -0.3 is 15.5 Å². The van der Waals surface area contributed by atoms with Crippen LogP contribution in [-0.2, 0) is 0 Å². The predicted octanol–water partition coefficient (Wildman–Crippen LogP) is 3.26. The Morgan fingerprint density at radius 1 is 1.03 bits per heavy atom. The number of rotatable bonds is 6. The first-order valence-electron chi connectivity index (χ1n) is 9.55. The van der Waals surface area contributed by atoms with E-state index in [0.717, 1.165) is 0 Å². The normalized spacial score (nSPS) is 22.6. The first-order valence-corrected chi connectivity index (χ1v) is 9.55. The Morgan fingerprint density at radius 2 is 1.70 bits per heavy atom. The lowest BCUT2D eigenvalue weighted by Crippen LogP contribution is -2.38. The van der Waals surface area contributed by atoms with Crippen molar-refractivity contribution in [1.82, 2.24) is 15.2 Å². The molecule has 1 aliphatic rings. The van der Waals surface area contributed by atoms with E-state index in [-0.39, 0.29) is 0 Å². The third kappa shape index (κ3) is 3.62. The molecule has 0 spiro atoms. The summed E-state index contributed by atoms with van der Waals surface area (Å²) in [6.07, 6.45) is 4.36. The van der Waals surface area contributed by atoms with E-state index in [1.165, 1.54) is 6.33 Å². The standard InChI is InChI=1S/C23H21N5O2/c24-14-23(21(30)17-9-5-2-6-10-17)12-11-18(27-22-25-15-26-28-22)13-19(23)20(29)16-7-3-1-4-8-16/h1-13,15,19-21,29-30H,(H2,25,26,27,28). The number of hydrogen-bond donors (Lipinski definition) is 4. The number of anilines is 1. The zero-order valence-corrected chi connectivity index (χ0v) is 16.1. The molecule has 0 fully saturated rings. The molecular weight excluding hydrogens is 378 g/mol. The average Bonchev–Trinajstić information content (AvgIpc) is 3.32. The van der Waals surface area contributed by atoms with E-state index in [1.807, 2.05) is 36.4 Å². The largest absolute Gasteiger partial charge is 0.388 e. The minimum Gasteiger partial charge on any atom is -0.388 e. The number of H-pyrrole nitrogens is 1. The van der Waals surface area contributed by atoms with E-state index in [2.05, 4.69) is 26.6 Å². The van der Waals surface area contributed by atoms with Gasteiger partial charge in [0.15, 0.2) is 0 Å². The monoisotopic (exact) mass is 399 g/mol. The zero-order chi connectivity index (χ0) is 21.0. The Labute approximate surface area is 174 Å². The molecule has 4 rings (SSSR count). The Bertz CT molecular complexity index is 1070. The summed E-state index contributed by atoms with van der Waals surface area (Å²) in [6.45, 7) is 0. The Kier molecular flexibility index (Phi) is 5.44. The number of aromatic nitrogens is 3. The summed E-state index contributed by atoms with van der Waals surface area (Å²) in [4.78, 5) is 4.05. The van der Waals surface area contributed by atoms with E-state index in [9.17, 15) is 15.5 Å². The number of aliphatic hydroxyl groups excluding tert-OH is 2. The van der Waals surface area contributed by atoms with Crippen molar-refractivity contribution in [3.63, 3.8) is 0 Å². The van der Waals surface area contributed by atoms with Gasteiger partial charge in [-0.05, 0) is 17.2 Å². The highest BCUT2D eigenvalue weighted by Crippen LogP contribution is 2.49. The van der Waals surface area contributed by atoms with E-state index in [0.29, 0.717) is 22.8 Å². The molecule has 7 nitrogen and oxygen atoms in total. The molecule has 0 aliphatic heterocycles. The van der Waals surface area contributed by atoms with Gasteiger partial charge in [-0.1, -0.05) is 72.8 Å². The highest BCUT2D eigenvalue weighted by Gasteiger charge is 2.48. The van der Waals surface area contributed by atoms with Crippen LogP contribution >= 0.6 is 0 Å². The smallest absolute Gasteiger partial charge is 0.222 e. The molecule has 3 aromatic rings. The fourth-order valence-electron chi connectivity index (χ4n) is 3.78. The molecule has 0 saturated carbocycles. The minimum absolute atomic E-state index is 0.437. The maximum absolute atomic E-state index is 11.2. The van der Waals surface area contributed by atoms with Crippen molar-refractivity contribution in [3.8, 4) is 6.07 Å². The summed E-state index contributed by atoms with van der Waals surface area (Å²) in [5.41, 5.74) is 0.531. The van der Waals surface area contributed by atoms with Gasteiger partial charge in [0, 0.05) is 11.6 Å². The minimum atomic E-state index is -1.37. The van der Waals surface area contributed by atoms with Crippen LogP contribution in [0.25, 0.3) is 0 Å². The number of hydrogen-bond acceptors (Lipinski definition) is 6. The first kappa shape index (κ1) is 19.6. The molecule has 0 amide bonds. The molecule has 0 saturated heterocycles. The summed E-state index contributed by atoms with van der Waals surface area (Å²) in [6, 6.07) is 20.4. The number of benzene rings is 2. The highest BCUT2D eigenvalue weighted by molar-refractivity contribution is 5.46. The molecule has 2 aromatic carbocycles. The summed E-state index contributed by atoms with van der Waals surface area (Å²) in [7, 11) is 0. The molecule has 4 N–H and O–H groups in total. The molecule has 7 heteroatoms. The van der Waals surface area contributed by atoms with Crippen LogP contribution in [0.4, 0.5) is 5.95 Å². The van der Waals surface area contributed by atoms with Gasteiger partial charge in [0.1, 0.15) is 17.8 Å². The van der Waals surface area contributed by atoms with Gasteiger partial charge in [0.2, 0.25) is 5.95 Å². The van der Waals surface area contributed by atoms with Crippen LogP contribution in [0.1, 0.15) is 23.3 Å². The lowest BCUT2D eigenvalue weighted by molar-refractivity contribution is 0.00853. The van der Waals surface area contributed by atoms with Crippen molar-refractivity contribution >= 4 is 5.95 Å². The molecule has 30 heavy (non-hydrogen) atoms. The Morgan fingerprint density at radius 3 is 2.30 bits per heavy atom. The SMILES string of the molecule is N#CC1(C(O)c2ccccc2)C=CC(Nc2ncn[nH]2)=CC1C(O)c1ccccc1. The van der Waals surface area contributed by atoms with Crippen LogP contribution in [0.3, 0.4) is 0 Å². The summed E-state index contributed by atoms with van der Waals surface area (Å²) < 4.78 is 0. The summed E-state index contributed by atoms with van der Waals surface area (Å²) in [5.74, 6) is -0.289. The fraction of sp³-hybridized carbons (Fsp3) is 0.174. The molecule has 0 radical (unpaired) electrons. The van der Waals surface area contributed by atoms with Crippen LogP contribution in [0.2, 0.25) is 0 Å². The number of aromatic amines is 1. The van der Waals surface area contributed by atoms with E-state index in [1.54, 1.807) is 42.5 Å². The highest BCUT2D eigenvalue weighted by atomic mass is 16.3. The van der Waals surface area contributed by atoms with Gasteiger partial charge in [0.25, 0.3) is 0 Å². The van der Waals surface area contributed by atoms with Gasteiger partial charge >= 0.3 is 0 Å². The maximum atomic E-state index is 11.2. The second-order valence-electron chi connectivity index (χ2n) is 7.15. The number of nitriles is 1. The van der Waals surface area contributed by atoms with Crippen LogP contribution in [0, 0.1) is 22.7 Å². The molecule has 4 atom stereocenters. The van der Waals surface area contributed by atoms with Gasteiger partial charge in [-0.2, -0.15) is 15.3 Å². The van der Waals surface area contributed by atoms with Crippen molar-refractivity contribution < 1.29 is 10.2 Å². The predicted molar refractivity (Wildman–Crippen MR) is 112 cm³/mol. The Balaban J connectivity index is 1.77. The molecule has 1 heterocycles. The molecule has 4 unspecified atom stereocenters. The topological polar surface area (TPSA) is 118 Å². The maximum Gasteiger partial charge on any atom is 0.222 e. The van der Waals surface area contributed by atoms with Crippen LogP contribution in [0.5, 0.6) is 0 Å². The van der Waals surface area contributed by atoms with E-state index < -0.39 is 23.5 Å². The fourth-order valence-corrected chi connectivity index (χ4v) is 3.78. The Hall–Kier alpha value is -3.73. The van der Waals surface area contributed by atoms with Crippen molar-refractivity contribution in [2.24, 2.45) is 11.3 Å². The number of aliphatic hydroxyl groups is 2. The van der Waals surface area contributed by atoms with Crippen molar-refractivity contribution in [1.29, 1.82) is 5.26 Å². The van der Waals surface area contributed by atoms with Gasteiger partial charge in [-0.15, -0.1) is 0 Å². The molecule has 1 aromatic heterocycles. The second-order valence-corrected chi connectivity index (χ2v) is 7.15. The summed E-state index contributed by atoms with van der Waals surface area (Å²) in [5, 5.41) is 42.3. The van der Waals surface area contributed by atoms with Crippen LogP contribution < -0.4 is 5.32 Å². The van der Waals surface area contributed by atoms with Crippen LogP contribution in [0.15, 0.2) is 90.9 Å². The molecule has 150 valence electrons.